The van der Waals surface area contributed by atoms with Crippen LogP contribution in [0.4, 0.5) is 0 Å². The van der Waals surface area contributed by atoms with E-state index in [4.69, 9.17) is 4.18 Å². The highest BCUT2D eigenvalue weighted by molar-refractivity contribution is 7.94. The van der Waals surface area contributed by atoms with Gasteiger partial charge in [-0.1, -0.05) is 24.3 Å². The Kier molecular flexibility index (Phi) is 1.82. The molecule has 1 aliphatic carbocycles. The van der Waals surface area contributed by atoms with E-state index in [2.05, 4.69) is 24.3 Å². The second-order valence-electron chi connectivity index (χ2n) is 2.59. The Labute approximate surface area is 65.3 Å². The molecule has 0 amide bonds. The molecule has 2 heteroatoms. The summed E-state index contributed by atoms with van der Waals surface area (Å²) in [6, 6.07) is 0. The first-order valence-electron chi connectivity index (χ1n) is 3.60. The van der Waals surface area contributed by atoms with E-state index in [0.29, 0.717) is 12.0 Å². The van der Waals surface area contributed by atoms with Crippen LogP contribution in [0.5, 0.6) is 0 Å². The molecule has 1 fully saturated rings. The van der Waals surface area contributed by atoms with Crippen molar-refractivity contribution in [3.63, 3.8) is 0 Å². The molecular weight excluding hydrogens is 144 g/mol. The summed E-state index contributed by atoms with van der Waals surface area (Å²) in [5, 5.41) is 0. The summed E-state index contributed by atoms with van der Waals surface area (Å²) in [4.78, 5) is 0. The minimum atomic E-state index is 0.444. The monoisotopic (exact) mass is 154 g/mol. The van der Waals surface area contributed by atoms with Crippen LogP contribution in [-0.4, -0.2) is 11.9 Å². The molecule has 1 atom stereocenters. The number of hydrogen-bond acceptors (Lipinski definition) is 2. The Hall–Kier alpha value is -0.210. The maximum atomic E-state index is 5.45. The van der Waals surface area contributed by atoms with E-state index in [9.17, 15) is 0 Å². The van der Waals surface area contributed by atoms with Crippen LogP contribution in [0.3, 0.4) is 0 Å². The second kappa shape index (κ2) is 2.81. The summed E-state index contributed by atoms with van der Waals surface area (Å²) < 4.78 is 5.45. The van der Waals surface area contributed by atoms with Crippen molar-refractivity contribution >= 4 is 12.0 Å². The summed E-state index contributed by atoms with van der Waals surface area (Å²) in [6.45, 7) is 0. The van der Waals surface area contributed by atoms with Crippen LogP contribution in [0.25, 0.3) is 0 Å². The Morgan fingerprint density at radius 1 is 1.30 bits per heavy atom. The maximum Gasteiger partial charge on any atom is 0.0828 e. The molecular formula is C8H10OS. The minimum absolute atomic E-state index is 0.444. The van der Waals surface area contributed by atoms with Gasteiger partial charge in [0.05, 0.1) is 6.10 Å². The Balaban J connectivity index is 1.98. The van der Waals surface area contributed by atoms with Crippen LogP contribution in [0.1, 0.15) is 6.42 Å². The van der Waals surface area contributed by atoms with Gasteiger partial charge >= 0.3 is 0 Å². The van der Waals surface area contributed by atoms with Gasteiger partial charge in [0.25, 0.3) is 0 Å². The zero-order valence-electron chi connectivity index (χ0n) is 5.69. The molecule has 0 aromatic heterocycles. The predicted molar refractivity (Wildman–Crippen MR) is 43.7 cm³/mol. The Morgan fingerprint density at radius 2 is 2.10 bits per heavy atom. The lowest BCUT2D eigenvalue weighted by Gasteiger charge is -2.11. The number of rotatable bonds is 1. The van der Waals surface area contributed by atoms with E-state index < -0.39 is 0 Å². The molecule has 0 aromatic carbocycles. The molecule has 0 spiro atoms. The fraction of sp³-hybridized carbons (Fsp3) is 0.500. The van der Waals surface area contributed by atoms with Crippen LogP contribution in [0, 0.1) is 5.92 Å². The van der Waals surface area contributed by atoms with Crippen molar-refractivity contribution in [2.45, 2.75) is 12.5 Å². The van der Waals surface area contributed by atoms with Gasteiger partial charge in [0.1, 0.15) is 0 Å². The van der Waals surface area contributed by atoms with Crippen molar-refractivity contribution in [3.05, 3.63) is 24.3 Å². The van der Waals surface area contributed by atoms with E-state index in [-0.39, 0.29) is 0 Å². The molecule has 1 aliphatic heterocycles. The standard InChI is InChI=1S/C8H10OS/c1-2-4-7(3-1)8-5-6-10-9-8/h1-4,7-8H,5-6H2. The maximum absolute atomic E-state index is 5.45. The van der Waals surface area contributed by atoms with Gasteiger partial charge in [-0.05, 0) is 18.5 Å². The smallest absolute Gasteiger partial charge is 0.0828 e. The molecule has 2 aliphatic rings. The summed E-state index contributed by atoms with van der Waals surface area (Å²) >= 11 is 1.60. The van der Waals surface area contributed by atoms with E-state index in [0.717, 1.165) is 5.75 Å². The summed E-state index contributed by atoms with van der Waals surface area (Å²) in [5.41, 5.74) is 0. The van der Waals surface area contributed by atoms with Gasteiger partial charge in [0.15, 0.2) is 0 Å². The molecule has 0 N–H and O–H groups in total. The zero-order valence-corrected chi connectivity index (χ0v) is 6.51. The van der Waals surface area contributed by atoms with E-state index in [1.165, 1.54) is 6.42 Å². The topological polar surface area (TPSA) is 9.23 Å². The van der Waals surface area contributed by atoms with Crippen molar-refractivity contribution in [2.24, 2.45) is 5.92 Å². The van der Waals surface area contributed by atoms with Crippen molar-refractivity contribution in [1.29, 1.82) is 0 Å². The highest BCUT2D eigenvalue weighted by Crippen LogP contribution is 2.29. The molecule has 1 heterocycles. The van der Waals surface area contributed by atoms with E-state index in [1.54, 1.807) is 12.0 Å². The molecule has 54 valence electrons. The first-order chi connectivity index (χ1) is 4.97. The largest absolute Gasteiger partial charge is 0.311 e. The van der Waals surface area contributed by atoms with Gasteiger partial charge in [0, 0.05) is 11.7 Å². The van der Waals surface area contributed by atoms with Crippen LogP contribution >= 0.6 is 12.0 Å². The second-order valence-corrected chi connectivity index (χ2v) is 3.43. The van der Waals surface area contributed by atoms with Gasteiger partial charge in [-0.25, -0.2) is 0 Å². The van der Waals surface area contributed by atoms with Gasteiger partial charge in [-0.3, -0.25) is 0 Å². The zero-order chi connectivity index (χ0) is 6.81. The Morgan fingerprint density at radius 3 is 2.70 bits per heavy atom. The van der Waals surface area contributed by atoms with E-state index >= 15 is 0 Å². The minimum Gasteiger partial charge on any atom is -0.311 e. The molecule has 2 rings (SSSR count). The third kappa shape index (κ3) is 1.13. The van der Waals surface area contributed by atoms with Gasteiger partial charge in [0.2, 0.25) is 0 Å². The third-order valence-corrected chi connectivity index (χ3v) is 2.67. The van der Waals surface area contributed by atoms with Gasteiger partial charge in [-0.2, -0.15) is 0 Å². The van der Waals surface area contributed by atoms with Crippen molar-refractivity contribution in [1.82, 2.24) is 0 Å². The third-order valence-electron chi connectivity index (χ3n) is 1.88. The summed E-state index contributed by atoms with van der Waals surface area (Å²) in [5.74, 6) is 1.71. The molecule has 0 aromatic rings. The normalized spacial score (nSPS) is 32.2. The first kappa shape index (κ1) is 6.50. The van der Waals surface area contributed by atoms with Crippen molar-refractivity contribution in [3.8, 4) is 0 Å². The molecule has 1 unspecified atom stereocenters. The lowest BCUT2D eigenvalue weighted by molar-refractivity contribution is 0.231. The van der Waals surface area contributed by atoms with Gasteiger partial charge in [-0.15, -0.1) is 0 Å². The average Bonchev–Trinajstić information content (AvgIpc) is 2.59. The number of hydrogen-bond donors (Lipinski definition) is 0. The van der Waals surface area contributed by atoms with Crippen molar-refractivity contribution < 1.29 is 4.18 Å². The van der Waals surface area contributed by atoms with Crippen LogP contribution in [0.15, 0.2) is 24.3 Å². The average molecular weight is 154 g/mol. The molecule has 1 saturated heterocycles. The molecule has 0 bridgehead atoms. The lowest BCUT2D eigenvalue weighted by atomic mass is 10.0. The Bertz CT molecular complexity index is 156. The van der Waals surface area contributed by atoms with Crippen LogP contribution in [0.2, 0.25) is 0 Å². The fourth-order valence-electron chi connectivity index (χ4n) is 1.30. The summed E-state index contributed by atoms with van der Waals surface area (Å²) in [6.07, 6.45) is 10.2. The van der Waals surface area contributed by atoms with Crippen LogP contribution in [-0.2, 0) is 4.18 Å². The van der Waals surface area contributed by atoms with Crippen LogP contribution < -0.4 is 0 Å². The van der Waals surface area contributed by atoms with Gasteiger partial charge < -0.3 is 4.18 Å². The summed E-state index contributed by atoms with van der Waals surface area (Å²) in [7, 11) is 0. The fourth-order valence-corrected chi connectivity index (χ4v) is 2.13. The predicted octanol–water partition coefficient (Wildman–Crippen LogP) is 2.17. The first-order valence-corrected chi connectivity index (χ1v) is 4.51. The molecule has 0 saturated carbocycles. The SMILES string of the molecule is C1=CC(C2CCSO2)C=C1. The lowest BCUT2D eigenvalue weighted by Crippen LogP contribution is -2.13. The quantitative estimate of drug-likeness (QED) is 0.535. The van der Waals surface area contributed by atoms with Crippen molar-refractivity contribution in [2.75, 3.05) is 5.75 Å². The van der Waals surface area contributed by atoms with E-state index in [1.807, 2.05) is 0 Å². The highest BCUT2D eigenvalue weighted by atomic mass is 32.2. The molecule has 10 heavy (non-hydrogen) atoms. The highest BCUT2D eigenvalue weighted by Gasteiger charge is 2.23. The molecule has 1 nitrogen and oxygen atoms in total. The molecule has 0 radical (unpaired) electrons. The number of allylic oxidation sites excluding steroid dienone is 2.